The molecule has 0 unspecified atom stereocenters. The van der Waals surface area contributed by atoms with Crippen LogP contribution >= 0.6 is 0 Å². The highest BCUT2D eigenvalue weighted by Crippen LogP contribution is 2.25. The first kappa shape index (κ1) is 11.4. The van der Waals surface area contributed by atoms with Gasteiger partial charge in [0.2, 0.25) is 5.91 Å². The molecule has 15 heavy (non-hydrogen) atoms. The van der Waals surface area contributed by atoms with Crippen LogP contribution in [0.25, 0.3) is 5.57 Å². The molecule has 0 heterocycles. The number of hydrogen-bond donors (Lipinski definition) is 1. The zero-order valence-corrected chi connectivity index (χ0v) is 8.53. The molecular formula is C11H11F2NO. The lowest BCUT2D eigenvalue weighted by Gasteiger charge is -2.11. The Labute approximate surface area is 86.4 Å². The number of amides is 1. The van der Waals surface area contributed by atoms with Crippen molar-refractivity contribution in [1.82, 2.24) is 0 Å². The second-order valence-corrected chi connectivity index (χ2v) is 3.31. The number of rotatable bonds is 2. The summed E-state index contributed by atoms with van der Waals surface area (Å²) in [7, 11) is 0. The van der Waals surface area contributed by atoms with Crippen molar-refractivity contribution in [3.63, 3.8) is 0 Å². The van der Waals surface area contributed by atoms with E-state index in [2.05, 4.69) is 6.58 Å². The van der Waals surface area contributed by atoms with Gasteiger partial charge in [0.25, 0.3) is 0 Å². The summed E-state index contributed by atoms with van der Waals surface area (Å²) in [4.78, 5) is 10.9. The number of carbonyl (C=O) groups excluding carboxylic acids is 1. The molecule has 4 heteroatoms. The summed E-state index contributed by atoms with van der Waals surface area (Å²) in [5.41, 5.74) is 5.45. The van der Waals surface area contributed by atoms with Crippen molar-refractivity contribution in [2.24, 2.45) is 5.73 Å². The third-order valence-electron chi connectivity index (χ3n) is 2.32. The minimum Gasteiger partial charge on any atom is -0.366 e. The van der Waals surface area contributed by atoms with Crippen LogP contribution in [0.2, 0.25) is 0 Å². The van der Waals surface area contributed by atoms with Crippen LogP contribution in [0.4, 0.5) is 8.78 Å². The van der Waals surface area contributed by atoms with Crippen LogP contribution in [-0.2, 0) is 4.79 Å². The lowest BCUT2D eigenvalue weighted by Crippen LogP contribution is -2.14. The predicted molar refractivity (Wildman–Crippen MR) is 54.1 cm³/mol. The van der Waals surface area contributed by atoms with Crippen molar-refractivity contribution in [3.05, 3.63) is 41.0 Å². The van der Waals surface area contributed by atoms with Gasteiger partial charge in [-0.25, -0.2) is 8.78 Å². The maximum Gasteiger partial charge on any atom is 0.248 e. The summed E-state index contributed by atoms with van der Waals surface area (Å²) in [6.07, 6.45) is 0. The van der Waals surface area contributed by atoms with Crippen molar-refractivity contribution in [1.29, 1.82) is 0 Å². The van der Waals surface area contributed by atoms with Crippen molar-refractivity contribution in [3.8, 4) is 0 Å². The summed E-state index contributed by atoms with van der Waals surface area (Å²) in [6.45, 7) is 6.32. The molecule has 1 aromatic carbocycles. The molecule has 0 bridgehead atoms. The molecule has 0 aliphatic heterocycles. The van der Waals surface area contributed by atoms with Gasteiger partial charge in [0.05, 0.1) is 0 Å². The van der Waals surface area contributed by atoms with E-state index in [0.717, 1.165) is 6.07 Å². The van der Waals surface area contributed by atoms with Crippen LogP contribution in [0, 0.1) is 25.5 Å². The first-order valence-electron chi connectivity index (χ1n) is 4.30. The number of nitrogens with two attached hydrogens (primary N) is 1. The molecule has 0 aromatic heterocycles. The summed E-state index contributed by atoms with van der Waals surface area (Å²) >= 11 is 0. The lowest BCUT2D eigenvalue weighted by atomic mass is 9.95. The van der Waals surface area contributed by atoms with E-state index in [9.17, 15) is 13.6 Å². The van der Waals surface area contributed by atoms with Gasteiger partial charge in [0.1, 0.15) is 11.6 Å². The molecule has 2 N–H and O–H groups in total. The Morgan fingerprint density at radius 1 is 1.27 bits per heavy atom. The van der Waals surface area contributed by atoms with Gasteiger partial charge in [0, 0.05) is 11.6 Å². The minimum atomic E-state index is -0.786. The van der Waals surface area contributed by atoms with Crippen LogP contribution in [0.15, 0.2) is 12.6 Å². The zero-order chi connectivity index (χ0) is 11.7. The molecule has 0 atom stereocenters. The van der Waals surface area contributed by atoms with E-state index >= 15 is 0 Å². The highest BCUT2D eigenvalue weighted by molar-refractivity contribution is 6.18. The molecule has 1 amide bonds. The quantitative estimate of drug-likeness (QED) is 0.748. The maximum atomic E-state index is 13.2. The fourth-order valence-corrected chi connectivity index (χ4v) is 1.42. The molecule has 1 rings (SSSR count). The molecule has 0 saturated heterocycles. The largest absolute Gasteiger partial charge is 0.366 e. The Hall–Kier alpha value is -1.71. The summed E-state index contributed by atoms with van der Waals surface area (Å²) in [6, 6.07) is 0.780. The van der Waals surface area contributed by atoms with Crippen LogP contribution in [0.5, 0.6) is 0 Å². The molecule has 2 nitrogen and oxygen atoms in total. The molecule has 0 aliphatic rings. The zero-order valence-electron chi connectivity index (χ0n) is 8.53. The van der Waals surface area contributed by atoms with Crippen molar-refractivity contribution >= 4 is 11.5 Å². The van der Waals surface area contributed by atoms with Gasteiger partial charge in [-0.3, -0.25) is 4.79 Å². The Bertz CT molecular complexity index is 426. The Morgan fingerprint density at radius 2 is 1.67 bits per heavy atom. The molecule has 0 saturated carbocycles. The fraction of sp³-hybridized carbons (Fsp3) is 0.182. The summed E-state index contributed by atoms with van der Waals surface area (Å²) < 4.78 is 26.4. The van der Waals surface area contributed by atoms with Crippen LogP contribution in [-0.4, -0.2) is 5.91 Å². The normalized spacial score (nSPS) is 10.1. The molecule has 0 spiro atoms. The number of hydrogen-bond acceptors (Lipinski definition) is 1. The number of halogens is 2. The van der Waals surface area contributed by atoms with Crippen LogP contribution < -0.4 is 5.73 Å². The van der Waals surface area contributed by atoms with Crippen molar-refractivity contribution < 1.29 is 13.6 Å². The number of carbonyl (C=O) groups is 1. The average molecular weight is 211 g/mol. The highest BCUT2D eigenvalue weighted by atomic mass is 19.1. The second-order valence-electron chi connectivity index (χ2n) is 3.31. The Balaban J connectivity index is 3.53. The predicted octanol–water partition coefficient (Wildman–Crippen LogP) is 2.08. The van der Waals surface area contributed by atoms with E-state index in [1.165, 1.54) is 13.8 Å². The highest BCUT2D eigenvalue weighted by Gasteiger charge is 2.17. The van der Waals surface area contributed by atoms with E-state index in [4.69, 9.17) is 5.73 Å². The van der Waals surface area contributed by atoms with E-state index in [-0.39, 0.29) is 22.3 Å². The lowest BCUT2D eigenvalue weighted by molar-refractivity contribution is -0.112. The van der Waals surface area contributed by atoms with Gasteiger partial charge in [0.15, 0.2) is 0 Å². The van der Waals surface area contributed by atoms with Crippen molar-refractivity contribution in [2.45, 2.75) is 13.8 Å². The van der Waals surface area contributed by atoms with Crippen molar-refractivity contribution in [2.75, 3.05) is 0 Å². The minimum absolute atomic E-state index is 0.0802. The van der Waals surface area contributed by atoms with Gasteiger partial charge >= 0.3 is 0 Å². The van der Waals surface area contributed by atoms with Crippen LogP contribution in [0.1, 0.15) is 16.7 Å². The van der Waals surface area contributed by atoms with E-state index in [1.54, 1.807) is 0 Å². The first-order chi connectivity index (χ1) is 6.86. The topological polar surface area (TPSA) is 43.1 Å². The number of benzene rings is 1. The average Bonchev–Trinajstić information content (AvgIpc) is 2.15. The second kappa shape index (κ2) is 3.81. The monoisotopic (exact) mass is 211 g/mol. The van der Waals surface area contributed by atoms with Gasteiger partial charge < -0.3 is 5.73 Å². The van der Waals surface area contributed by atoms with Crippen LogP contribution in [0.3, 0.4) is 0 Å². The third kappa shape index (κ3) is 1.88. The van der Waals surface area contributed by atoms with Gasteiger partial charge in [-0.1, -0.05) is 6.58 Å². The number of primary amides is 1. The SMILES string of the molecule is C=C(C(N)=O)c1c(C)c(F)cc(F)c1C. The summed E-state index contributed by atoms with van der Waals surface area (Å²) in [5, 5.41) is 0. The Kier molecular flexibility index (Phi) is 2.88. The molecule has 80 valence electrons. The molecule has 1 aromatic rings. The molecule has 0 aliphatic carbocycles. The fourth-order valence-electron chi connectivity index (χ4n) is 1.42. The molecule has 0 fully saturated rings. The summed E-state index contributed by atoms with van der Waals surface area (Å²) in [5.74, 6) is -2.21. The standard InChI is InChI=1S/C11H11F2NO/c1-5-8(12)4-9(13)6(2)10(5)7(3)11(14)15/h4H,3H2,1-2H3,(H2,14,15). The maximum absolute atomic E-state index is 13.2. The van der Waals surface area contributed by atoms with E-state index in [1.807, 2.05) is 0 Å². The smallest absolute Gasteiger partial charge is 0.248 e. The molecular weight excluding hydrogens is 200 g/mol. The first-order valence-corrected chi connectivity index (χ1v) is 4.30. The molecule has 0 radical (unpaired) electrons. The Morgan fingerprint density at radius 3 is 2.00 bits per heavy atom. The van der Waals surface area contributed by atoms with E-state index < -0.39 is 17.5 Å². The van der Waals surface area contributed by atoms with E-state index in [0.29, 0.717) is 0 Å². The van der Waals surface area contributed by atoms with Gasteiger partial charge in [-0.2, -0.15) is 0 Å². The van der Waals surface area contributed by atoms with Gasteiger partial charge in [-0.15, -0.1) is 0 Å². The van der Waals surface area contributed by atoms with Gasteiger partial charge in [-0.05, 0) is 30.5 Å². The third-order valence-corrected chi connectivity index (χ3v) is 2.32.